The molecule has 0 radical (unpaired) electrons. The van der Waals surface area contributed by atoms with Crippen LogP contribution in [0.25, 0.3) is 6.08 Å². The van der Waals surface area contributed by atoms with Crippen molar-refractivity contribution in [3.8, 4) is 5.75 Å². The Labute approximate surface area is 92.5 Å². The van der Waals surface area contributed by atoms with Gasteiger partial charge < -0.3 is 4.74 Å². The van der Waals surface area contributed by atoms with Crippen LogP contribution in [0.4, 0.5) is 4.39 Å². The molecule has 86 valence electrons. The first-order valence-electron chi connectivity index (χ1n) is 4.77. The molecule has 0 aliphatic rings. The van der Waals surface area contributed by atoms with E-state index in [4.69, 9.17) is 4.74 Å². The van der Waals surface area contributed by atoms with E-state index in [9.17, 15) is 14.5 Å². The Bertz CT molecular complexity index is 429. The molecule has 0 unspecified atom stereocenters. The third-order valence-electron chi connectivity index (χ3n) is 2.11. The molecular weight excluding hydrogens is 213 g/mol. The van der Waals surface area contributed by atoms with Crippen LogP contribution in [-0.2, 0) is 0 Å². The lowest BCUT2D eigenvalue weighted by Gasteiger charge is -2.02. The summed E-state index contributed by atoms with van der Waals surface area (Å²) in [4.78, 5) is 10.1. The number of nitro groups is 1. The molecule has 0 heterocycles. The smallest absolute Gasteiger partial charge is 0.246 e. The van der Waals surface area contributed by atoms with Crippen molar-refractivity contribution in [3.63, 3.8) is 0 Å². The molecule has 0 fully saturated rings. The highest BCUT2D eigenvalue weighted by molar-refractivity contribution is 5.52. The fourth-order valence-electron chi connectivity index (χ4n) is 1.25. The Kier molecular flexibility index (Phi) is 3.99. The van der Waals surface area contributed by atoms with Gasteiger partial charge in [0.15, 0.2) is 11.6 Å². The summed E-state index contributed by atoms with van der Waals surface area (Å²) in [6.45, 7) is 1.68. The van der Waals surface area contributed by atoms with Gasteiger partial charge in [0.05, 0.1) is 12.0 Å². The summed E-state index contributed by atoms with van der Waals surface area (Å²) in [5.41, 5.74) is 0.497. The fraction of sp³-hybridized carbons (Fsp3) is 0.273. The molecule has 5 heteroatoms. The third kappa shape index (κ3) is 2.79. The maximum absolute atomic E-state index is 13.3. The van der Waals surface area contributed by atoms with Crippen molar-refractivity contribution in [3.05, 3.63) is 45.4 Å². The number of ether oxygens (including phenoxy) is 1. The third-order valence-corrected chi connectivity index (χ3v) is 2.11. The lowest BCUT2D eigenvalue weighted by molar-refractivity contribution is -0.425. The van der Waals surface area contributed by atoms with Gasteiger partial charge in [-0.15, -0.1) is 0 Å². The van der Waals surface area contributed by atoms with Gasteiger partial charge >= 0.3 is 0 Å². The highest BCUT2D eigenvalue weighted by atomic mass is 19.1. The highest BCUT2D eigenvalue weighted by Gasteiger charge is 2.08. The molecular formula is C11H12FNO3. The van der Waals surface area contributed by atoms with Gasteiger partial charge in [-0.2, -0.15) is 0 Å². The van der Waals surface area contributed by atoms with Crippen LogP contribution in [0.1, 0.15) is 18.9 Å². The second-order valence-electron chi connectivity index (χ2n) is 3.14. The second-order valence-corrected chi connectivity index (χ2v) is 3.14. The van der Waals surface area contributed by atoms with Crippen LogP contribution in [0.5, 0.6) is 5.75 Å². The molecule has 0 saturated heterocycles. The van der Waals surface area contributed by atoms with Crippen molar-refractivity contribution in [2.75, 3.05) is 7.11 Å². The lowest BCUT2D eigenvalue weighted by Crippen LogP contribution is -1.97. The van der Waals surface area contributed by atoms with Crippen molar-refractivity contribution in [1.82, 2.24) is 0 Å². The largest absolute Gasteiger partial charge is 0.494 e. The van der Waals surface area contributed by atoms with Crippen LogP contribution in [-0.4, -0.2) is 12.0 Å². The summed E-state index contributed by atoms with van der Waals surface area (Å²) >= 11 is 0. The van der Waals surface area contributed by atoms with Crippen molar-refractivity contribution >= 4 is 6.08 Å². The summed E-state index contributed by atoms with van der Waals surface area (Å²) in [6.07, 6.45) is 1.64. The Morgan fingerprint density at radius 2 is 2.31 bits per heavy atom. The van der Waals surface area contributed by atoms with E-state index >= 15 is 0 Å². The predicted molar refractivity (Wildman–Crippen MR) is 58.2 cm³/mol. The Morgan fingerprint density at radius 1 is 1.62 bits per heavy atom. The number of allylic oxidation sites excluding steroid dienone is 1. The normalized spacial score (nSPS) is 11.3. The Morgan fingerprint density at radius 3 is 2.75 bits per heavy atom. The zero-order chi connectivity index (χ0) is 12.1. The molecule has 1 aromatic carbocycles. The molecule has 1 rings (SSSR count). The van der Waals surface area contributed by atoms with E-state index in [0.717, 1.165) is 0 Å². The van der Waals surface area contributed by atoms with Gasteiger partial charge in [-0.3, -0.25) is 10.1 Å². The van der Waals surface area contributed by atoms with E-state index in [1.54, 1.807) is 13.0 Å². The molecule has 0 aliphatic carbocycles. The maximum Gasteiger partial charge on any atom is 0.246 e. The van der Waals surface area contributed by atoms with Crippen molar-refractivity contribution in [2.45, 2.75) is 13.3 Å². The van der Waals surface area contributed by atoms with Gasteiger partial charge in [0.25, 0.3) is 0 Å². The van der Waals surface area contributed by atoms with E-state index in [1.807, 2.05) is 0 Å². The van der Waals surface area contributed by atoms with Crippen LogP contribution in [0, 0.1) is 15.9 Å². The molecule has 0 N–H and O–H groups in total. The van der Waals surface area contributed by atoms with Crippen molar-refractivity contribution in [1.29, 1.82) is 0 Å². The number of hydrogen-bond acceptors (Lipinski definition) is 3. The quantitative estimate of drug-likeness (QED) is 0.584. The monoisotopic (exact) mass is 225 g/mol. The van der Waals surface area contributed by atoms with E-state index in [0.29, 0.717) is 12.0 Å². The number of rotatable bonds is 4. The summed E-state index contributed by atoms with van der Waals surface area (Å²) in [5.74, 6) is -0.411. The van der Waals surface area contributed by atoms with Crippen LogP contribution in [0.3, 0.4) is 0 Å². The first-order chi connectivity index (χ1) is 7.58. The van der Waals surface area contributed by atoms with Gasteiger partial charge in [-0.1, -0.05) is 13.0 Å². The first-order valence-corrected chi connectivity index (χ1v) is 4.77. The number of methoxy groups -OCH3 is 1. The van der Waals surface area contributed by atoms with Gasteiger partial charge in [-0.05, 0) is 17.7 Å². The molecule has 0 bridgehead atoms. The molecule has 0 saturated carbocycles. The van der Waals surface area contributed by atoms with E-state index < -0.39 is 10.7 Å². The van der Waals surface area contributed by atoms with E-state index in [1.165, 1.54) is 25.3 Å². The number of benzene rings is 1. The minimum absolute atomic E-state index is 0.0459. The fourth-order valence-corrected chi connectivity index (χ4v) is 1.25. The van der Waals surface area contributed by atoms with Crippen molar-refractivity contribution < 1.29 is 14.1 Å². The van der Waals surface area contributed by atoms with Gasteiger partial charge in [-0.25, -0.2) is 4.39 Å². The van der Waals surface area contributed by atoms with E-state index in [2.05, 4.69) is 0 Å². The van der Waals surface area contributed by atoms with E-state index in [-0.39, 0.29) is 11.4 Å². The Hall–Kier alpha value is -1.91. The minimum atomic E-state index is -0.532. The number of nitrogens with zero attached hydrogens (tertiary/aromatic N) is 1. The molecule has 0 aliphatic heterocycles. The topological polar surface area (TPSA) is 52.4 Å². The molecule has 1 aromatic rings. The molecule has 16 heavy (non-hydrogen) atoms. The van der Waals surface area contributed by atoms with Crippen LogP contribution in [0.15, 0.2) is 23.9 Å². The average Bonchev–Trinajstić information content (AvgIpc) is 2.25. The highest BCUT2D eigenvalue weighted by Crippen LogP contribution is 2.19. The number of halogens is 1. The van der Waals surface area contributed by atoms with Gasteiger partial charge in [0.2, 0.25) is 5.70 Å². The van der Waals surface area contributed by atoms with Gasteiger partial charge in [0.1, 0.15) is 0 Å². The Balaban J connectivity index is 3.06. The summed E-state index contributed by atoms with van der Waals surface area (Å²) in [7, 11) is 1.36. The van der Waals surface area contributed by atoms with Gasteiger partial charge in [0, 0.05) is 12.5 Å². The minimum Gasteiger partial charge on any atom is -0.494 e. The molecule has 0 amide bonds. The summed E-state index contributed by atoms with van der Waals surface area (Å²) < 4.78 is 18.0. The second kappa shape index (κ2) is 5.25. The first kappa shape index (κ1) is 12.2. The average molecular weight is 225 g/mol. The zero-order valence-corrected chi connectivity index (χ0v) is 9.07. The SMILES string of the molecule is CCC(=Cc1ccc(OC)c(F)c1)[N+](=O)[O-]. The molecule has 0 atom stereocenters. The molecule has 4 nitrogen and oxygen atoms in total. The number of hydrogen-bond donors (Lipinski definition) is 0. The predicted octanol–water partition coefficient (Wildman–Crippen LogP) is 2.86. The standard InChI is InChI=1S/C11H12FNO3/c1-3-9(13(14)15)6-8-4-5-11(16-2)10(12)7-8/h4-7H,3H2,1-2H3. The molecule has 0 spiro atoms. The lowest BCUT2D eigenvalue weighted by atomic mass is 10.1. The van der Waals surface area contributed by atoms with Crippen LogP contribution >= 0.6 is 0 Å². The zero-order valence-electron chi connectivity index (χ0n) is 9.07. The summed E-state index contributed by atoms with van der Waals surface area (Å²) in [6, 6.07) is 4.22. The summed E-state index contributed by atoms with van der Waals surface area (Å²) in [5, 5.41) is 10.6. The molecule has 0 aromatic heterocycles. The van der Waals surface area contributed by atoms with Crippen LogP contribution in [0.2, 0.25) is 0 Å². The van der Waals surface area contributed by atoms with Crippen LogP contribution < -0.4 is 4.74 Å². The van der Waals surface area contributed by atoms with Crippen molar-refractivity contribution in [2.24, 2.45) is 0 Å². The maximum atomic E-state index is 13.3.